The second-order valence-electron chi connectivity index (χ2n) is 3.58. The maximum atomic E-state index is 10.3. The summed E-state index contributed by atoms with van der Waals surface area (Å²) in [4.78, 5) is 13.5. The quantitative estimate of drug-likeness (QED) is 0.435. The van der Waals surface area contributed by atoms with Gasteiger partial charge in [-0.1, -0.05) is 0 Å². The van der Waals surface area contributed by atoms with E-state index < -0.39 is 4.92 Å². The van der Waals surface area contributed by atoms with E-state index in [1.807, 2.05) is 0 Å². The summed E-state index contributed by atoms with van der Waals surface area (Å²) in [5, 5.41) is 22.4. The summed E-state index contributed by atoms with van der Waals surface area (Å²) < 4.78 is 0. The monoisotopic (exact) mass is 225 g/mol. The van der Waals surface area contributed by atoms with Crippen LogP contribution in [0.3, 0.4) is 0 Å². The Kier molecular flexibility index (Phi) is 4.65. The topological polar surface area (TPSA) is 88.3 Å². The van der Waals surface area contributed by atoms with E-state index in [-0.39, 0.29) is 11.9 Å². The molecule has 0 amide bonds. The van der Waals surface area contributed by atoms with Crippen LogP contribution in [0.15, 0.2) is 18.3 Å². The van der Waals surface area contributed by atoms with Gasteiger partial charge in [-0.3, -0.25) is 0 Å². The van der Waals surface area contributed by atoms with Gasteiger partial charge in [0.2, 0.25) is 0 Å². The summed E-state index contributed by atoms with van der Waals surface area (Å²) in [6, 6.07) is 2.98. The van der Waals surface area contributed by atoms with Crippen LogP contribution in [0.4, 0.5) is 11.5 Å². The molecule has 6 heteroatoms. The lowest BCUT2D eigenvalue weighted by molar-refractivity contribution is -0.389. The number of aromatic nitrogens is 1. The highest BCUT2D eigenvalue weighted by molar-refractivity contribution is 5.43. The number of aliphatic hydroxyl groups is 1. The van der Waals surface area contributed by atoms with Gasteiger partial charge in [0.05, 0.1) is 11.8 Å². The first-order valence-corrected chi connectivity index (χ1v) is 5.12. The molecule has 0 aliphatic carbocycles. The first kappa shape index (κ1) is 12.4. The van der Waals surface area contributed by atoms with E-state index in [1.54, 1.807) is 13.0 Å². The zero-order chi connectivity index (χ0) is 12.0. The Bertz CT molecular complexity index is 338. The molecule has 0 saturated carbocycles. The molecule has 1 heterocycles. The van der Waals surface area contributed by atoms with Gasteiger partial charge in [0.25, 0.3) is 0 Å². The van der Waals surface area contributed by atoms with E-state index >= 15 is 0 Å². The molecule has 0 aromatic carbocycles. The molecule has 0 spiro atoms. The van der Waals surface area contributed by atoms with Crippen LogP contribution < -0.4 is 5.32 Å². The standard InChI is InChI=1S/C10H15N3O3/c1-8(14)3-2-6-11-9-4-5-10(12-7-9)13(15)16/h4-5,7-8,11,14H,2-3,6H2,1H3. The molecular formula is C10H15N3O3. The van der Waals surface area contributed by atoms with E-state index in [1.165, 1.54) is 12.3 Å². The van der Waals surface area contributed by atoms with Gasteiger partial charge in [-0.25, -0.2) is 0 Å². The predicted octanol–water partition coefficient (Wildman–Crippen LogP) is 1.56. The van der Waals surface area contributed by atoms with Crippen LogP contribution in [0, 0.1) is 10.1 Å². The molecule has 0 aliphatic heterocycles. The highest BCUT2D eigenvalue weighted by atomic mass is 16.6. The number of nitrogens with zero attached hydrogens (tertiary/aromatic N) is 2. The van der Waals surface area contributed by atoms with E-state index in [2.05, 4.69) is 10.3 Å². The second kappa shape index (κ2) is 6.02. The molecule has 0 radical (unpaired) electrons. The molecular weight excluding hydrogens is 210 g/mol. The Morgan fingerprint density at radius 3 is 2.88 bits per heavy atom. The van der Waals surface area contributed by atoms with Gasteiger partial charge in [-0.05, 0) is 35.7 Å². The summed E-state index contributed by atoms with van der Waals surface area (Å²) in [5.41, 5.74) is 0.746. The highest BCUT2D eigenvalue weighted by Crippen LogP contribution is 2.11. The minimum absolute atomic E-state index is 0.158. The zero-order valence-corrected chi connectivity index (χ0v) is 9.09. The van der Waals surface area contributed by atoms with Crippen LogP contribution in [-0.2, 0) is 0 Å². The molecule has 0 fully saturated rings. The number of pyridine rings is 1. The summed E-state index contributed by atoms with van der Waals surface area (Å²) in [5.74, 6) is -0.158. The molecule has 0 saturated heterocycles. The smallest absolute Gasteiger partial charge is 0.363 e. The second-order valence-corrected chi connectivity index (χ2v) is 3.58. The Balaban J connectivity index is 2.35. The van der Waals surface area contributed by atoms with Crippen molar-refractivity contribution in [3.63, 3.8) is 0 Å². The molecule has 6 nitrogen and oxygen atoms in total. The fourth-order valence-electron chi connectivity index (χ4n) is 1.23. The van der Waals surface area contributed by atoms with Gasteiger partial charge in [-0.2, -0.15) is 0 Å². The Labute approximate surface area is 93.5 Å². The zero-order valence-electron chi connectivity index (χ0n) is 9.09. The fourth-order valence-corrected chi connectivity index (χ4v) is 1.23. The first-order valence-electron chi connectivity index (χ1n) is 5.12. The van der Waals surface area contributed by atoms with Gasteiger partial charge in [0.1, 0.15) is 0 Å². The largest absolute Gasteiger partial charge is 0.393 e. The minimum atomic E-state index is -0.531. The van der Waals surface area contributed by atoms with Crippen molar-refractivity contribution in [2.45, 2.75) is 25.9 Å². The van der Waals surface area contributed by atoms with E-state index in [0.29, 0.717) is 6.54 Å². The summed E-state index contributed by atoms with van der Waals surface area (Å²) >= 11 is 0. The lowest BCUT2D eigenvalue weighted by Gasteiger charge is -2.05. The van der Waals surface area contributed by atoms with Gasteiger partial charge < -0.3 is 20.5 Å². The molecule has 1 atom stereocenters. The number of anilines is 1. The average molecular weight is 225 g/mol. The molecule has 1 aromatic heterocycles. The number of aliphatic hydroxyl groups excluding tert-OH is 1. The van der Waals surface area contributed by atoms with Crippen molar-refractivity contribution < 1.29 is 10.0 Å². The van der Waals surface area contributed by atoms with Crippen molar-refractivity contribution in [3.8, 4) is 0 Å². The number of nitrogens with one attached hydrogen (secondary N) is 1. The summed E-state index contributed by atoms with van der Waals surface area (Å²) in [6.45, 7) is 2.46. The third kappa shape index (κ3) is 4.22. The number of nitro groups is 1. The van der Waals surface area contributed by atoms with E-state index in [4.69, 9.17) is 5.11 Å². The lowest BCUT2D eigenvalue weighted by atomic mass is 10.2. The van der Waals surface area contributed by atoms with Crippen LogP contribution in [0.25, 0.3) is 0 Å². The van der Waals surface area contributed by atoms with Gasteiger partial charge in [0, 0.05) is 12.6 Å². The molecule has 88 valence electrons. The van der Waals surface area contributed by atoms with Crippen LogP contribution in [0.1, 0.15) is 19.8 Å². The number of rotatable bonds is 6. The van der Waals surface area contributed by atoms with Crippen molar-refractivity contribution in [1.82, 2.24) is 4.98 Å². The van der Waals surface area contributed by atoms with Crippen molar-refractivity contribution in [3.05, 3.63) is 28.4 Å². The van der Waals surface area contributed by atoms with Gasteiger partial charge in [-0.15, -0.1) is 0 Å². The molecule has 0 bridgehead atoms. The fraction of sp³-hybridized carbons (Fsp3) is 0.500. The van der Waals surface area contributed by atoms with E-state index in [0.717, 1.165) is 18.5 Å². The van der Waals surface area contributed by atoms with Crippen molar-refractivity contribution in [1.29, 1.82) is 0 Å². The molecule has 1 unspecified atom stereocenters. The van der Waals surface area contributed by atoms with Crippen LogP contribution in [0.2, 0.25) is 0 Å². The van der Waals surface area contributed by atoms with E-state index in [9.17, 15) is 10.1 Å². The van der Waals surface area contributed by atoms with Crippen LogP contribution in [-0.4, -0.2) is 27.7 Å². The summed E-state index contributed by atoms with van der Waals surface area (Å²) in [6.07, 6.45) is 2.71. The molecule has 16 heavy (non-hydrogen) atoms. The minimum Gasteiger partial charge on any atom is -0.393 e. The van der Waals surface area contributed by atoms with Gasteiger partial charge >= 0.3 is 5.82 Å². The van der Waals surface area contributed by atoms with Crippen molar-refractivity contribution >= 4 is 11.5 Å². The normalized spacial score (nSPS) is 12.1. The third-order valence-corrected chi connectivity index (χ3v) is 2.06. The summed E-state index contributed by atoms with van der Waals surface area (Å²) in [7, 11) is 0. The molecule has 1 aromatic rings. The maximum Gasteiger partial charge on any atom is 0.363 e. The van der Waals surface area contributed by atoms with Crippen molar-refractivity contribution in [2.24, 2.45) is 0 Å². The highest BCUT2D eigenvalue weighted by Gasteiger charge is 2.05. The number of hydrogen-bond acceptors (Lipinski definition) is 5. The SMILES string of the molecule is CC(O)CCCNc1ccc([N+](=O)[O-])nc1. The predicted molar refractivity (Wildman–Crippen MR) is 60.3 cm³/mol. The lowest BCUT2D eigenvalue weighted by Crippen LogP contribution is -2.06. The van der Waals surface area contributed by atoms with Gasteiger partial charge in [0.15, 0.2) is 6.20 Å². The Hall–Kier alpha value is -1.69. The van der Waals surface area contributed by atoms with Crippen LogP contribution in [0.5, 0.6) is 0 Å². The average Bonchev–Trinajstić information content (AvgIpc) is 2.25. The molecule has 1 rings (SSSR count). The first-order chi connectivity index (χ1) is 7.59. The Morgan fingerprint density at radius 1 is 1.62 bits per heavy atom. The third-order valence-electron chi connectivity index (χ3n) is 2.06. The Morgan fingerprint density at radius 2 is 2.38 bits per heavy atom. The maximum absolute atomic E-state index is 10.3. The number of hydrogen-bond donors (Lipinski definition) is 2. The van der Waals surface area contributed by atoms with Crippen LogP contribution >= 0.6 is 0 Å². The molecule has 2 N–H and O–H groups in total. The van der Waals surface area contributed by atoms with Crippen molar-refractivity contribution in [2.75, 3.05) is 11.9 Å². The molecule has 0 aliphatic rings.